The van der Waals surface area contributed by atoms with E-state index in [-0.39, 0.29) is 17.5 Å². The molecule has 0 atom stereocenters. The van der Waals surface area contributed by atoms with Gasteiger partial charge in [-0.15, -0.1) is 0 Å². The van der Waals surface area contributed by atoms with Gasteiger partial charge in [0, 0.05) is 37.4 Å². The van der Waals surface area contributed by atoms with Crippen LogP contribution >= 0.6 is 0 Å². The number of hydrogen-bond acceptors (Lipinski definition) is 5. The molecule has 2 amide bonds. The fourth-order valence-electron chi connectivity index (χ4n) is 3.73. The molecule has 0 unspecified atom stereocenters. The first kappa shape index (κ1) is 21.6. The van der Waals surface area contributed by atoms with Crippen molar-refractivity contribution in [3.8, 4) is 11.4 Å². The van der Waals surface area contributed by atoms with Crippen LogP contribution in [0.4, 0.5) is 5.69 Å². The molecule has 0 saturated carbocycles. The van der Waals surface area contributed by atoms with Gasteiger partial charge in [0.05, 0.1) is 18.5 Å². The number of piperazine rings is 1. The highest BCUT2D eigenvalue weighted by Crippen LogP contribution is 2.27. The van der Waals surface area contributed by atoms with Gasteiger partial charge in [-0.1, -0.05) is 18.2 Å². The lowest BCUT2D eigenvalue weighted by Gasteiger charge is -2.32. The number of ether oxygens (including phenoxy) is 1. The molecule has 1 aliphatic heterocycles. The monoisotopic (exact) mass is 433 g/mol. The zero-order valence-electron chi connectivity index (χ0n) is 18.5. The van der Waals surface area contributed by atoms with Gasteiger partial charge in [0.1, 0.15) is 5.75 Å². The van der Waals surface area contributed by atoms with E-state index in [1.807, 2.05) is 49.2 Å². The van der Waals surface area contributed by atoms with Crippen molar-refractivity contribution >= 4 is 17.5 Å². The van der Waals surface area contributed by atoms with Gasteiger partial charge in [-0.3, -0.25) is 9.59 Å². The predicted molar refractivity (Wildman–Crippen MR) is 123 cm³/mol. The summed E-state index contributed by atoms with van der Waals surface area (Å²) in [5.41, 5.74) is 2.94. The van der Waals surface area contributed by atoms with Gasteiger partial charge in [-0.25, -0.2) is 4.68 Å². The summed E-state index contributed by atoms with van der Waals surface area (Å²) in [5.74, 6) is 0.0539. The third-order valence-corrected chi connectivity index (χ3v) is 5.61. The number of carbonyl (C=O) groups is 2. The molecule has 8 nitrogen and oxygen atoms in total. The van der Waals surface area contributed by atoms with Crippen molar-refractivity contribution in [3.63, 3.8) is 0 Å². The zero-order valence-corrected chi connectivity index (χ0v) is 18.5. The Morgan fingerprint density at radius 3 is 2.41 bits per heavy atom. The Balaban J connectivity index is 1.55. The van der Waals surface area contributed by atoms with E-state index >= 15 is 0 Å². The Bertz CT molecular complexity index is 1120. The normalized spacial score (nSPS) is 14.3. The molecule has 8 heteroatoms. The Morgan fingerprint density at radius 1 is 1.00 bits per heavy atom. The minimum Gasteiger partial charge on any atom is -0.495 e. The standard InChI is InChI=1S/C24H27N5O3/c1-17-15-21(26-29(17)19-7-5-4-6-8-19)23(30)25-20-16-18(9-10-22(20)32-3)24(31)28-13-11-27(2)12-14-28/h4-10,15-16H,11-14H2,1-3H3,(H,25,30). The number of benzene rings is 2. The molecule has 3 aromatic rings. The number of aromatic nitrogens is 2. The van der Waals surface area contributed by atoms with Crippen LogP contribution in [0.15, 0.2) is 54.6 Å². The van der Waals surface area contributed by atoms with E-state index in [1.165, 1.54) is 7.11 Å². The second-order valence-corrected chi connectivity index (χ2v) is 7.88. The lowest BCUT2D eigenvalue weighted by molar-refractivity contribution is 0.0664. The molecule has 1 fully saturated rings. The van der Waals surface area contributed by atoms with E-state index in [2.05, 4.69) is 15.3 Å². The van der Waals surface area contributed by atoms with Gasteiger partial charge in [0.2, 0.25) is 0 Å². The number of methoxy groups -OCH3 is 1. The fraction of sp³-hybridized carbons (Fsp3) is 0.292. The maximum Gasteiger partial charge on any atom is 0.276 e. The average Bonchev–Trinajstić information content (AvgIpc) is 3.21. The Kier molecular flexibility index (Phi) is 6.23. The second kappa shape index (κ2) is 9.23. The summed E-state index contributed by atoms with van der Waals surface area (Å²) < 4.78 is 7.12. The number of carbonyl (C=O) groups excluding carboxylic acids is 2. The predicted octanol–water partition coefficient (Wildman–Crippen LogP) is 2.83. The number of para-hydroxylation sites is 1. The highest BCUT2D eigenvalue weighted by molar-refractivity contribution is 6.05. The van der Waals surface area contributed by atoms with Crippen LogP contribution in [0.2, 0.25) is 0 Å². The molecule has 4 rings (SSSR count). The minimum absolute atomic E-state index is 0.0551. The van der Waals surface area contributed by atoms with E-state index in [9.17, 15) is 9.59 Å². The molecule has 2 aromatic carbocycles. The third-order valence-electron chi connectivity index (χ3n) is 5.61. The Labute approximate surface area is 187 Å². The van der Waals surface area contributed by atoms with E-state index in [1.54, 1.807) is 28.9 Å². The molecular formula is C24H27N5O3. The van der Waals surface area contributed by atoms with E-state index in [4.69, 9.17) is 4.74 Å². The van der Waals surface area contributed by atoms with Crippen molar-refractivity contribution in [2.45, 2.75) is 6.92 Å². The van der Waals surface area contributed by atoms with Gasteiger partial charge in [-0.05, 0) is 50.4 Å². The van der Waals surface area contributed by atoms with Crippen LogP contribution in [0.1, 0.15) is 26.5 Å². The largest absolute Gasteiger partial charge is 0.495 e. The van der Waals surface area contributed by atoms with Crippen molar-refractivity contribution < 1.29 is 14.3 Å². The summed E-state index contributed by atoms with van der Waals surface area (Å²) >= 11 is 0. The number of hydrogen-bond donors (Lipinski definition) is 1. The van der Waals surface area contributed by atoms with Crippen LogP contribution in [0.25, 0.3) is 5.69 Å². The van der Waals surface area contributed by atoms with Crippen LogP contribution in [-0.2, 0) is 0 Å². The number of likely N-dealkylation sites (N-methyl/N-ethyl adjacent to an activating group) is 1. The highest BCUT2D eigenvalue weighted by atomic mass is 16.5. The summed E-state index contributed by atoms with van der Waals surface area (Å²) in [7, 11) is 3.57. The van der Waals surface area contributed by atoms with Gasteiger partial charge in [0.15, 0.2) is 5.69 Å². The minimum atomic E-state index is -0.370. The fourth-order valence-corrected chi connectivity index (χ4v) is 3.73. The van der Waals surface area contributed by atoms with Crippen LogP contribution in [0, 0.1) is 6.92 Å². The summed E-state index contributed by atoms with van der Waals surface area (Å²) in [6.45, 7) is 4.94. The molecular weight excluding hydrogens is 406 g/mol. The number of amides is 2. The molecule has 0 aliphatic carbocycles. The molecule has 0 bridgehead atoms. The van der Waals surface area contributed by atoms with Gasteiger partial charge >= 0.3 is 0 Å². The van der Waals surface area contributed by atoms with Crippen molar-refractivity contribution in [1.82, 2.24) is 19.6 Å². The van der Waals surface area contributed by atoms with Crippen molar-refractivity contribution in [2.24, 2.45) is 0 Å². The molecule has 32 heavy (non-hydrogen) atoms. The SMILES string of the molecule is COc1ccc(C(=O)N2CCN(C)CC2)cc1NC(=O)c1cc(C)n(-c2ccccc2)n1. The highest BCUT2D eigenvalue weighted by Gasteiger charge is 2.22. The number of rotatable bonds is 5. The molecule has 2 heterocycles. The maximum atomic E-state index is 13.0. The van der Waals surface area contributed by atoms with Crippen LogP contribution in [-0.4, -0.2) is 71.7 Å². The number of nitrogens with one attached hydrogen (secondary N) is 1. The molecule has 0 spiro atoms. The van der Waals surface area contributed by atoms with Crippen LogP contribution < -0.4 is 10.1 Å². The summed E-state index contributed by atoms with van der Waals surface area (Å²) in [4.78, 5) is 29.9. The first-order chi connectivity index (χ1) is 15.5. The molecule has 1 saturated heterocycles. The first-order valence-electron chi connectivity index (χ1n) is 10.6. The average molecular weight is 434 g/mol. The second-order valence-electron chi connectivity index (χ2n) is 7.88. The van der Waals surface area contributed by atoms with Crippen molar-refractivity contribution in [2.75, 3.05) is 45.7 Å². The summed E-state index contributed by atoms with van der Waals surface area (Å²) in [5, 5.41) is 7.31. The summed E-state index contributed by atoms with van der Waals surface area (Å²) in [6, 6.07) is 16.4. The molecule has 1 aliphatic rings. The van der Waals surface area contributed by atoms with Gasteiger partial charge in [-0.2, -0.15) is 5.10 Å². The third kappa shape index (κ3) is 4.50. The van der Waals surface area contributed by atoms with E-state index < -0.39 is 0 Å². The topological polar surface area (TPSA) is 79.7 Å². The van der Waals surface area contributed by atoms with Gasteiger partial charge < -0.3 is 19.9 Å². The molecule has 0 radical (unpaired) electrons. The van der Waals surface area contributed by atoms with Crippen molar-refractivity contribution in [1.29, 1.82) is 0 Å². The molecule has 1 N–H and O–H groups in total. The van der Waals surface area contributed by atoms with Crippen molar-refractivity contribution in [3.05, 3.63) is 71.5 Å². The number of anilines is 1. The van der Waals surface area contributed by atoms with E-state index in [0.29, 0.717) is 30.1 Å². The van der Waals surface area contributed by atoms with Gasteiger partial charge in [0.25, 0.3) is 11.8 Å². The number of aryl methyl sites for hydroxylation is 1. The lowest BCUT2D eigenvalue weighted by Crippen LogP contribution is -2.47. The van der Waals surface area contributed by atoms with E-state index in [0.717, 1.165) is 24.5 Å². The summed E-state index contributed by atoms with van der Waals surface area (Å²) in [6.07, 6.45) is 0. The molecule has 166 valence electrons. The molecule has 1 aromatic heterocycles. The first-order valence-corrected chi connectivity index (χ1v) is 10.6. The Morgan fingerprint density at radius 2 is 1.72 bits per heavy atom. The number of nitrogens with zero attached hydrogens (tertiary/aromatic N) is 4. The van der Waals surface area contributed by atoms with Crippen LogP contribution in [0.3, 0.4) is 0 Å². The lowest BCUT2D eigenvalue weighted by atomic mass is 10.1. The maximum absolute atomic E-state index is 13.0. The Hall–Kier alpha value is -3.65. The quantitative estimate of drug-likeness (QED) is 0.669. The van der Waals surface area contributed by atoms with Crippen LogP contribution in [0.5, 0.6) is 5.75 Å². The zero-order chi connectivity index (χ0) is 22.7. The smallest absolute Gasteiger partial charge is 0.276 e.